The average Bonchev–Trinajstić information content (AvgIpc) is 2.62. The molecule has 2 saturated heterocycles. The standard InChI is InChI=1S/C18H37N5O2S/c1-18(2,22-10-6-5-7-11-22)15-21-17(19-3)20-14-16-8-12-23(13-9-16)26(4,24)25/h16H,5-15H2,1-4H3,(H2,19,20,21). The van der Waals surface area contributed by atoms with Crippen LogP contribution >= 0.6 is 0 Å². The fraction of sp³-hybridized carbons (Fsp3) is 0.944. The summed E-state index contributed by atoms with van der Waals surface area (Å²) in [5, 5.41) is 6.89. The molecule has 0 amide bonds. The molecule has 0 aromatic heterocycles. The number of rotatable bonds is 6. The number of hydrogen-bond acceptors (Lipinski definition) is 4. The number of hydrogen-bond donors (Lipinski definition) is 2. The van der Waals surface area contributed by atoms with Crippen molar-refractivity contribution in [2.45, 2.75) is 51.5 Å². The largest absolute Gasteiger partial charge is 0.356 e. The lowest BCUT2D eigenvalue weighted by Crippen LogP contribution is -2.55. The van der Waals surface area contributed by atoms with Gasteiger partial charge >= 0.3 is 0 Å². The van der Waals surface area contributed by atoms with Gasteiger partial charge in [-0.25, -0.2) is 12.7 Å². The van der Waals surface area contributed by atoms with Gasteiger partial charge in [-0.2, -0.15) is 0 Å². The van der Waals surface area contributed by atoms with Crippen LogP contribution in [-0.2, 0) is 10.0 Å². The summed E-state index contributed by atoms with van der Waals surface area (Å²) in [7, 11) is -1.25. The van der Waals surface area contributed by atoms with Crippen LogP contribution in [0.1, 0.15) is 46.0 Å². The Morgan fingerprint density at radius 2 is 1.69 bits per heavy atom. The van der Waals surface area contributed by atoms with Gasteiger partial charge in [0.25, 0.3) is 0 Å². The number of nitrogens with zero attached hydrogens (tertiary/aromatic N) is 3. The van der Waals surface area contributed by atoms with E-state index in [0.717, 1.165) is 31.9 Å². The first-order valence-corrected chi connectivity index (χ1v) is 11.7. The molecule has 0 aromatic carbocycles. The molecule has 2 rings (SSSR count). The molecular weight excluding hydrogens is 350 g/mol. The van der Waals surface area contributed by atoms with E-state index in [1.807, 2.05) is 0 Å². The van der Waals surface area contributed by atoms with E-state index >= 15 is 0 Å². The Morgan fingerprint density at radius 3 is 2.23 bits per heavy atom. The van der Waals surface area contributed by atoms with Gasteiger partial charge in [0.15, 0.2) is 5.96 Å². The molecule has 0 unspecified atom stereocenters. The summed E-state index contributed by atoms with van der Waals surface area (Å²) in [4.78, 5) is 6.91. The van der Waals surface area contributed by atoms with Gasteiger partial charge in [0.05, 0.1) is 6.26 Å². The first-order chi connectivity index (χ1) is 12.2. The predicted molar refractivity (Wildman–Crippen MR) is 108 cm³/mol. The Balaban J connectivity index is 1.73. The maximum absolute atomic E-state index is 11.6. The highest BCUT2D eigenvalue weighted by molar-refractivity contribution is 7.88. The van der Waals surface area contributed by atoms with Crippen molar-refractivity contribution in [3.63, 3.8) is 0 Å². The summed E-state index contributed by atoms with van der Waals surface area (Å²) >= 11 is 0. The molecule has 2 N–H and O–H groups in total. The molecule has 0 aromatic rings. The van der Waals surface area contributed by atoms with Gasteiger partial charge in [-0.05, 0) is 58.5 Å². The van der Waals surface area contributed by atoms with Crippen molar-refractivity contribution in [1.29, 1.82) is 0 Å². The highest BCUT2D eigenvalue weighted by Gasteiger charge is 2.28. The van der Waals surface area contributed by atoms with Crippen molar-refractivity contribution in [2.75, 3.05) is 52.6 Å². The molecule has 0 bridgehead atoms. The van der Waals surface area contributed by atoms with Crippen molar-refractivity contribution in [1.82, 2.24) is 19.8 Å². The van der Waals surface area contributed by atoms with Gasteiger partial charge in [0, 0.05) is 38.8 Å². The number of guanidine groups is 1. The van der Waals surface area contributed by atoms with Crippen LogP contribution in [0.5, 0.6) is 0 Å². The van der Waals surface area contributed by atoms with Crippen molar-refractivity contribution in [2.24, 2.45) is 10.9 Å². The number of nitrogens with one attached hydrogen (secondary N) is 2. The van der Waals surface area contributed by atoms with E-state index in [9.17, 15) is 8.42 Å². The molecule has 2 heterocycles. The molecule has 0 atom stereocenters. The van der Waals surface area contributed by atoms with Crippen molar-refractivity contribution in [3.05, 3.63) is 0 Å². The van der Waals surface area contributed by atoms with Crippen LogP contribution in [0, 0.1) is 5.92 Å². The van der Waals surface area contributed by atoms with Crippen LogP contribution in [0.25, 0.3) is 0 Å². The molecule has 0 spiro atoms. The second-order valence-corrected chi connectivity index (χ2v) is 10.3. The minimum atomic E-state index is -3.05. The summed E-state index contributed by atoms with van der Waals surface area (Å²) in [6.45, 7) is 9.89. The highest BCUT2D eigenvalue weighted by Crippen LogP contribution is 2.20. The van der Waals surface area contributed by atoms with Crippen LogP contribution in [0.2, 0.25) is 0 Å². The molecule has 2 aliphatic heterocycles. The predicted octanol–water partition coefficient (Wildman–Crippen LogP) is 1.09. The zero-order valence-electron chi connectivity index (χ0n) is 16.9. The third-order valence-corrected chi connectivity index (χ3v) is 7.03. The second-order valence-electron chi connectivity index (χ2n) is 8.27. The van der Waals surface area contributed by atoms with Gasteiger partial charge in [-0.3, -0.25) is 9.89 Å². The van der Waals surface area contributed by atoms with E-state index in [4.69, 9.17) is 0 Å². The lowest BCUT2D eigenvalue weighted by atomic mass is 9.98. The molecule has 0 saturated carbocycles. The summed E-state index contributed by atoms with van der Waals surface area (Å²) in [6.07, 6.45) is 7.03. The molecule has 26 heavy (non-hydrogen) atoms. The maximum atomic E-state index is 11.6. The molecule has 2 aliphatic rings. The fourth-order valence-corrected chi connectivity index (χ4v) is 4.69. The van der Waals surface area contributed by atoms with E-state index in [1.165, 1.54) is 38.6 Å². The highest BCUT2D eigenvalue weighted by atomic mass is 32.2. The Bertz CT molecular complexity index is 562. The molecule has 2 fully saturated rings. The monoisotopic (exact) mass is 387 g/mol. The first-order valence-electron chi connectivity index (χ1n) is 9.87. The molecule has 0 radical (unpaired) electrons. The Kier molecular flexibility index (Phi) is 7.73. The number of likely N-dealkylation sites (tertiary alicyclic amines) is 1. The van der Waals surface area contributed by atoms with E-state index in [2.05, 4.69) is 34.4 Å². The van der Waals surface area contributed by atoms with Crippen LogP contribution in [0.15, 0.2) is 4.99 Å². The van der Waals surface area contributed by atoms with Crippen LogP contribution < -0.4 is 10.6 Å². The lowest BCUT2D eigenvalue weighted by Gasteiger charge is -2.41. The minimum absolute atomic E-state index is 0.110. The molecule has 7 nitrogen and oxygen atoms in total. The van der Waals surface area contributed by atoms with Crippen LogP contribution in [0.3, 0.4) is 0 Å². The summed E-state index contributed by atoms with van der Waals surface area (Å²) < 4.78 is 24.8. The second kappa shape index (κ2) is 9.37. The number of aliphatic imine (C=N–C) groups is 1. The normalized spacial score (nSPS) is 22.4. The molecule has 0 aliphatic carbocycles. The van der Waals surface area contributed by atoms with Crippen LogP contribution in [-0.4, -0.2) is 81.7 Å². The fourth-order valence-electron chi connectivity index (χ4n) is 3.82. The van der Waals surface area contributed by atoms with Gasteiger partial charge < -0.3 is 10.6 Å². The third-order valence-electron chi connectivity index (χ3n) is 5.72. The minimum Gasteiger partial charge on any atom is -0.356 e. The van der Waals surface area contributed by atoms with E-state index in [-0.39, 0.29) is 5.54 Å². The van der Waals surface area contributed by atoms with Crippen molar-refractivity contribution >= 4 is 16.0 Å². The molecular formula is C18H37N5O2S. The van der Waals surface area contributed by atoms with Gasteiger partial charge in [0.2, 0.25) is 10.0 Å². The zero-order chi connectivity index (χ0) is 19.2. The Labute approximate surface area is 159 Å². The van der Waals surface area contributed by atoms with Gasteiger partial charge in [-0.1, -0.05) is 6.42 Å². The third kappa shape index (κ3) is 6.39. The van der Waals surface area contributed by atoms with E-state index in [1.54, 1.807) is 11.4 Å². The smallest absolute Gasteiger partial charge is 0.211 e. The van der Waals surface area contributed by atoms with E-state index in [0.29, 0.717) is 19.0 Å². The van der Waals surface area contributed by atoms with Gasteiger partial charge in [0.1, 0.15) is 0 Å². The quantitative estimate of drug-likeness (QED) is 0.527. The van der Waals surface area contributed by atoms with Gasteiger partial charge in [-0.15, -0.1) is 0 Å². The number of sulfonamides is 1. The topological polar surface area (TPSA) is 77.0 Å². The molecule has 152 valence electrons. The Hall–Kier alpha value is -0.860. The average molecular weight is 388 g/mol. The van der Waals surface area contributed by atoms with E-state index < -0.39 is 10.0 Å². The summed E-state index contributed by atoms with van der Waals surface area (Å²) in [6, 6.07) is 0. The maximum Gasteiger partial charge on any atom is 0.211 e. The Morgan fingerprint density at radius 1 is 1.08 bits per heavy atom. The van der Waals surface area contributed by atoms with Crippen molar-refractivity contribution < 1.29 is 8.42 Å². The SMILES string of the molecule is CN=C(NCC1CCN(S(C)(=O)=O)CC1)NCC(C)(C)N1CCCCC1. The molecule has 8 heteroatoms. The zero-order valence-corrected chi connectivity index (χ0v) is 17.7. The lowest BCUT2D eigenvalue weighted by molar-refractivity contribution is 0.0982. The summed E-state index contributed by atoms with van der Waals surface area (Å²) in [5.74, 6) is 1.32. The van der Waals surface area contributed by atoms with Crippen LogP contribution in [0.4, 0.5) is 0 Å². The first kappa shape index (κ1) is 21.4. The number of piperidine rings is 2. The van der Waals surface area contributed by atoms with Crippen molar-refractivity contribution in [3.8, 4) is 0 Å². The summed E-state index contributed by atoms with van der Waals surface area (Å²) in [5.41, 5.74) is 0.110.